The van der Waals surface area contributed by atoms with Gasteiger partial charge in [-0.05, 0) is 36.8 Å². The van der Waals surface area contributed by atoms with E-state index in [0.717, 1.165) is 5.56 Å². The number of nitrogens with zero attached hydrogens (tertiary/aromatic N) is 1. The first-order valence-electron chi connectivity index (χ1n) is 7.01. The Kier molecular flexibility index (Phi) is 3.80. The minimum atomic E-state index is -0.440. The molecule has 0 aliphatic rings. The van der Waals surface area contributed by atoms with E-state index >= 15 is 0 Å². The molecular weight excluding hydrogens is 295 g/mol. The molecule has 0 atom stereocenters. The van der Waals surface area contributed by atoms with Gasteiger partial charge in [-0.1, -0.05) is 18.2 Å². The molecule has 5 nitrogen and oxygen atoms in total. The van der Waals surface area contributed by atoms with E-state index in [0.29, 0.717) is 22.9 Å². The summed E-state index contributed by atoms with van der Waals surface area (Å²) in [6.45, 7) is 1.74. The summed E-state index contributed by atoms with van der Waals surface area (Å²) in [5.41, 5.74) is 8.57. The van der Waals surface area contributed by atoms with Crippen LogP contribution in [0.5, 0.6) is 0 Å². The van der Waals surface area contributed by atoms with Gasteiger partial charge in [0.15, 0.2) is 5.95 Å². The van der Waals surface area contributed by atoms with Crippen molar-refractivity contribution in [2.75, 3.05) is 11.1 Å². The van der Waals surface area contributed by atoms with Crippen LogP contribution in [0.15, 0.2) is 48.7 Å². The minimum Gasteiger partial charge on any atom is -0.369 e. The van der Waals surface area contributed by atoms with Crippen molar-refractivity contribution in [1.82, 2.24) is 9.97 Å². The molecule has 1 aromatic heterocycles. The van der Waals surface area contributed by atoms with E-state index in [2.05, 4.69) is 15.3 Å². The van der Waals surface area contributed by atoms with Gasteiger partial charge >= 0.3 is 0 Å². The molecule has 6 heteroatoms. The largest absolute Gasteiger partial charge is 0.369 e. The smallest absolute Gasteiger partial charge is 0.255 e. The van der Waals surface area contributed by atoms with Crippen LogP contribution in [-0.2, 0) is 0 Å². The molecule has 0 aliphatic heterocycles. The average Bonchev–Trinajstić information content (AvgIpc) is 2.93. The number of nitrogens with one attached hydrogen (secondary N) is 2. The summed E-state index contributed by atoms with van der Waals surface area (Å²) in [4.78, 5) is 19.3. The molecule has 0 radical (unpaired) electrons. The second-order valence-corrected chi connectivity index (χ2v) is 5.20. The van der Waals surface area contributed by atoms with E-state index in [1.165, 1.54) is 12.1 Å². The Hall–Kier alpha value is -3.15. The van der Waals surface area contributed by atoms with Crippen molar-refractivity contribution in [1.29, 1.82) is 0 Å². The number of benzene rings is 2. The number of rotatable bonds is 3. The predicted molar refractivity (Wildman–Crippen MR) is 87.5 cm³/mol. The molecule has 0 unspecified atom stereocenters. The number of carbonyl (C=O) groups is 1. The third kappa shape index (κ3) is 3.21. The number of imidazole rings is 1. The van der Waals surface area contributed by atoms with Gasteiger partial charge in [-0.25, -0.2) is 9.37 Å². The molecule has 0 saturated heterocycles. The van der Waals surface area contributed by atoms with Crippen molar-refractivity contribution in [3.8, 4) is 11.3 Å². The van der Waals surface area contributed by atoms with Gasteiger partial charge in [-0.3, -0.25) is 4.79 Å². The molecule has 1 heterocycles. The van der Waals surface area contributed by atoms with Gasteiger partial charge < -0.3 is 16.0 Å². The zero-order valence-corrected chi connectivity index (χ0v) is 12.4. The Morgan fingerprint density at radius 1 is 1.26 bits per heavy atom. The van der Waals surface area contributed by atoms with Crippen LogP contribution < -0.4 is 11.1 Å². The number of anilines is 2. The molecule has 116 valence electrons. The van der Waals surface area contributed by atoms with E-state index < -0.39 is 5.82 Å². The zero-order chi connectivity index (χ0) is 16.4. The number of para-hydroxylation sites is 1. The maximum Gasteiger partial charge on any atom is 0.255 e. The Morgan fingerprint density at radius 3 is 2.74 bits per heavy atom. The Morgan fingerprint density at radius 2 is 2.04 bits per heavy atom. The third-order valence-corrected chi connectivity index (χ3v) is 3.37. The fourth-order valence-electron chi connectivity index (χ4n) is 2.36. The second-order valence-electron chi connectivity index (χ2n) is 5.20. The number of hydrogen-bond donors (Lipinski definition) is 3. The van der Waals surface area contributed by atoms with Crippen LogP contribution >= 0.6 is 0 Å². The number of amides is 1. The molecule has 3 aromatic rings. The highest BCUT2D eigenvalue weighted by Crippen LogP contribution is 2.27. The normalized spacial score (nSPS) is 10.5. The molecule has 4 N–H and O–H groups in total. The molecule has 0 fully saturated rings. The van der Waals surface area contributed by atoms with Gasteiger partial charge in [0.25, 0.3) is 5.91 Å². The van der Waals surface area contributed by atoms with Crippen molar-refractivity contribution in [2.45, 2.75) is 6.92 Å². The van der Waals surface area contributed by atoms with Crippen molar-refractivity contribution in [3.63, 3.8) is 0 Å². The van der Waals surface area contributed by atoms with Gasteiger partial charge in [0, 0.05) is 11.1 Å². The number of H-pyrrole nitrogens is 1. The summed E-state index contributed by atoms with van der Waals surface area (Å²) >= 11 is 0. The molecule has 0 saturated carbocycles. The maximum atomic E-state index is 13.5. The Balaban J connectivity index is 1.92. The highest BCUT2D eigenvalue weighted by atomic mass is 19.1. The fraction of sp³-hybridized carbons (Fsp3) is 0.0588. The molecule has 0 spiro atoms. The number of nitrogen functional groups attached to an aromatic ring is 1. The van der Waals surface area contributed by atoms with E-state index in [1.54, 1.807) is 31.3 Å². The van der Waals surface area contributed by atoms with Crippen molar-refractivity contribution in [2.24, 2.45) is 0 Å². The molecule has 23 heavy (non-hydrogen) atoms. The van der Waals surface area contributed by atoms with Gasteiger partial charge in [-0.15, -0.1) is 0 Å². The van der Waals surface area contributed by atoms with Crippen LogP contribution in [0.25, 0.3) is 11.3 Å². The number of hydrogen-bond acceptors (Lipinski definition) is 3. The number of halogens is 1. The van der Waals surface area contributed by atoms with Crippen molar-refractivity contribution >= 4 is 17.5 Å². The van der Waals surface area contributed by atoms with Gasteiger partial charge in [-0.2, -0.15) is 0 Å². The maximum absolute atomic E-state index is 13.5. The van der Waals surface area contributed by atoms with E-state index in [1.807, 2.05) is 12.1 Å². The number of nitrogens with two attached hydrogens (primary N) is 1. The van der Waals surface area contributed by atoms with Crippen LogP contribution in [0.1, 0.15) is 15.9 Å². The molecular formula is C17H15FN4O. The highest BCUT2D eigenvalue weighted by molar-refractivity contribution is 6.06. The summed E-state index contributed by atoms with van der Waals surface area (Å²) in [5.74, 6) is -0.529. The Bertz CT molecular complexity index is 852. The van der Waals surface area contributed by atoms with Crippen LogP contribution in [0.4, 0.5) is 16.0 Å². The summed E-state index contributed by atoms with van der Waals surface area (Å²) < 4.78 is 13.5. The number of aromatic amines is 1. The van der Waals surface area contributed by atoms with E-state index in [9.17, 15) is 9.18 Å². The zero-order valence-electron chi connectivity index (χ0n) is 12.4. The molecule has 1 amide bonds. The standard InChI is InChI=1S/C17H15FN4O/c1-10-6-11(8-12(18)7-10)16(23)21-14-5-3-2-4-13(14)15-9-20-17(19)22-15/h2-9H,1H3,(H,21,23)(H3,19,20,22). The van der Waals surface area contributed by atoms with E-state index in [-0.39, 0.29) is 11.5 Å². The minimum absolute atomic E-state index is 0.265. The number of carbonyl (C=O) groups excluding carboxylic acids is 1. The molecule has 3 rings (SSSR count). The van der Waals surface area contributed by atoms with Crippen molar-refractivity contribution in [3.05, 3.63) is 65.6 Å². The van der Waals surface area contributed by atoms with E-state index in [4.69, 9.17) is 5.73 Å². The predicted octanol–water partition coefficient (Wildman–Crippen LogP) is 3.36. The first kappa shape index (κ1) is 14.8. The van der Waals surface area contributed by atoms with Gasteiger partial charge in [0.2, 0.25) is 0 Å². The second kappa shape index (κ2) is 5.92. The summed E-state index contributed by atoms with van der Waals surface area (Å²) in [7, 11) is 0. The first-order valence-corrected chi connectivity index (χ1v) is 7.01. The summed E-state index contributed by atoms with van der Waals surface area (Å²) in [6, 6.07) is 11.5. The highest BCUT2D eigenvalue weighted by Gasteiger charge is 2.12. The quantitative estimate of drug-likeness (QED) is 0.693. The number of aryl methyl sites for hydroxylation is 1. The van der Waals surface area contributed by atoms with Crippen LogP contribution in [0.2, 0.25) is 0 Å². The average molecular weight is 310 g/mol. The SMILES string of the molecule is Cc1cc(F)cc(C(=O)Nc2ccccc2-c2cnc(N)[nH]2)c1. The monoisotopic (exact) mass is 310 g/mol. The lowest BCUT2D eigenvalue weighted by Gasteiger charge is -2.10. The van der Waals surface area contributed by atoms with Crippen LogP contribution in [-0.4, -0.2) is 15.9 Å². The summed E-state index contributed by atoms with van der Waals surface area (Å²) in [5, 5.41) is 2.79. The lowest BCUT2D eigenvalue weighted by Crippen LogP contribution is -2.13. The lowest BCUT2D eigenvalue weighted by atomic mass is 10.1. The number of aromatic nitrogens is 2. The van der Waals surface area contributed by atoms with Crippen LogP contribution in [0, 0.1) is 12.7 Å². The van der Waals surface area contributed by atoms with Crippen LogP contribution in [0.3, 0.4) is 0 Å². The van der Waals surface area contributed by atoms with Gasteiger partial charge in [0.1, 0.15) is 5.82 Å². The lowest BCUT2D eigenvalue weighted by molar-refractivity contribution is 0.102. The summed E-state index contributed by atoms with van der Waals surface area (Å²) in [6.07, 6.45) is 1.59. The van der Waals surface area contributed by atoms with Gasteiger partial charge in [0.05, 0.1) is 17.6 Å². The first-order chi connectivity index (χ1) is 11.0. The Labute approximate surface area is 132 Å². The molecule has 0 bridgehead atoms. The molecule has 2 aromatic carbocycles. The topological polar surface area (TPSA) is 83.8 Å². The van der Waals surface area contributed by atoms with Crippen molar-refractivity contribution < 1.29 is 9.18 Å². The molecule has 0 aliphatic carbocycles. The third-order valence-electron chi connectivity index (χ3n) is 3.37. The fourth-order valence-corrected chi connectivity index (χ4v) is 2.36.